The molecule has 6 N–H and O–H groups in total. The number of esters is 1. The molecule has 42 heavy (non-hydrogen) atoms. The van der Waals surface area contributed by atoms with E-state index in [1.54, 1.807) is 0 Å². The van der Waals surface area contributed by atoms with Gasteiger partial charge in [0.2, 0.25) is 0 Å². The molecule has 6 rings (SSSR count). The van der Waals surface area contributed by atoms with Crippen LogP contribution in [-0.4, -0.2) is 57.3 Å². The second-order valence-corrected chi connectivity index (χ2v) is 17.7. The van der Waals surface area contributed by atoms with E-state index in [1.165, 1.54) is 6.42 Å². The number of aliphatic hydroxyl groups is 2. The lowest BCUT2D eigenvalue weighted by Crippen LogP contribution is -2.67. The largest absolute Gasteiger partial charge is 0.461 e. The van der Waals surface area contributed by atoms with Crippen LogP contribution in [-0.2, 0) is 14.3 Å². The number of carbonyl (C=O) groups is 1. The summed E-state index contributed by atoms with van der Waals surface area (Å²) < 4.78 is 12.9. The lowest BCUT2D eigenvalue weighted by molar-refractivity contribution is -0.189. The van der Waals surface area contributed by atoms with E-state index in [-0.39, 0.29) is 51.7 Å². The third-order valence-electron chi connectivity index (χ3n) is 15.1. The third-order valence-corrected chi connectivity index (χ3v) is 15.1. The number of nitrogens with two attached hydrogens (primary N) is 2. The molecular formula is C35H60N2O5. The number of carbonyl (C=O) groups excluding carboxylic acids is 1. The maximum Gasteiger partial charge on any atom is 0.323 e. The first-order valence-electron chi connectivity index (χ1n) is 17.2. The molecule has 0 aromatic carbocycles. The quantitative estimate of drug-likeness (QED) is 0.319. The van der Waals surface area contributed by atoms with Gasteiger partial charge in [-0.2, -0.15) is 0 Å². The predicted molar refractivity (Wildman–Crippen MR) is 163 cm³/mol. The summed E-state index contributed by atoms with van der Waals surface area (Å²) >= 11 is 0. The van der Waals surface area contributed by atoms with Gasteiger partial charge in [0.05, 0.1) is 23.4 Å². The highest BCUT2D eigenvalue weighted by Gasteiger charge is 2.84. The molecule has 7 heteroatoms. The van der Waals surface area contributed by atoms with Crippen molar-refractivity contribution in [3.8, 4) is 0 Å². The van der Waals surface area contributed by atoms with Gasteiger partial charge in [-0.15, -0.1) is 0 Å². The van der Waals surface area contributed by atoms with Crippen molar-refractivity contribution in [2.75, 3.05) is 0 Å². The summed E-state index contributed by atoms with van der Waals surface area (Å²) in [5.41, 5.74) is 12.3. The summed E-state index contributed by atoms with van der Waals surface area (Å²) in [5.74, 6) is 0.689. The zero-order chi connectivity index (χ0) is 30.9. The minimum absolute atomic E-state index is 0.0477. The molecule has 0 radical (unpaired) electrons. The van der Waals surface area contributed by atoms with E-state index >= 15 is 0 Å². The lowest BCUT2D eigenvalue weighted by Gasteiger charge is -2.63. The molecule has 7 nitrogen and oxygen atoms in total. The fraction of sp³-hybridized carbons (Fsp3) is 0.971. The van der Waals surface area contributed by atoms with Crippen LogP contribution in [0, 0.1) is 45.3 Å². The van der Waals surface area contributed by atoms with Gasteiger partial charge in [-0.1, -0.05) is 41.0 Å². The van der Waals surface area contributed by atoms with E-state index in [4.69, 9.17) is 20.9 Å². The summed E-state index contributed by atoms with van der Waals surface area (Å²) in [6.45, 7) is 16.9. The van der Waals surface area contributed by atoms with Crippen LogP contribution in [0.5, 0.6) is 0 Å². The fourth-order valence-corrected chi connectivity index (χ4v) is 12.6. The van der Waals surface area contributed by atoms with Crippen LogP contribution < -0.4 is 11.5 Å². The van der Waals surface area contributed by atoms with Gasteiger partial charge in [0.1, 0.15) is 12.1 Å². The predicted octanol–water partition coefficient (Wildman–Crippen LogP) is 5.08. The van der Waals surface area contributed by atoms with Crippen LogP contribution in [0.3, 0.4) is 0 Å². The molecule has 5 saturated carbocycles. The number of hydrogen-bond donors (Lipinski definition) is 4. The maximum absolute atomic E-state index is 13.0. The van der Waals surface area contributed by atoms with Gasteiger partial charge in [0.15, 0.2) is 0 Å². The Bertz CT molecular complexity index is 1110. The van der Waals surface area contributed by atoms with Crippen molar-refractivity contribution in [3.05, 3.63) is 0 Å². The highest BCUT2D eigenvalue weighted by molar-refractivity contribution is 5.76. The monoisotopic (exact) mass is 588 g/mol. The third kappa shape index (κ3) is 3.91. The van der Waals surface area contributed by atoms with Gasteiger partial charge in [0, 0.05) is 16.9 Å². The summed E-state index contributed by atoms with van der Waals surface area (Å²) in [7, 11) is 0. The van der Waals surface area contributed by atoms with Crippen molar-refractivity contribution in [2.45, 2.75) is 167 Å². The second kappa shape index (κ2) is 9.40. The molecule has 13 atom stereocenters. The Morgan fingerprint density at radius 1 is 1.02 bits per heavy atom. The first-order valence-corrected chi connectivity index (χ1v) is 17.2. The summed E-state index contributed by atoms with van der Waals surface area (Å²) in [6, 6.07) is -0.566. The summed E-state index contributed by atoms with van der Waals surface area (Å²) in [4.78, 5) is 13.0. The Labute approximate surface area is 254 Å². The molecule has 0 amide bonds. The number of hydrogen-bond acceptors (Lipinski definition) is 7. The molecule has 6 aliphatic rings. The Morgan fingerprint density at radius 2 is 1.67 bits per heavy atom. The van der Waals surface area contributed by atoms with Crippen molar-refractivity contribution < 1.29 is 24.5 Å². The van der Waals surface area contributed by atoms with E-state index in [2.05, 4.69) is 34.6 Å². The molecule has 1 aliphatic heterocycles. The number of ether oxygens (including phenoxy) is 2. The molecule has 240 valence electrons. The molecule has 0 aromatic rings. The molecule has 0 aromatic heterocycles. The van der Waals surface area contributed by atoms with Gasteiger partial charge in [-0.25, -0.2) is 0 Å². The molecule has 0 bridgehead atoms. The Hall–Kier alpha value is -0.730. The van der Waals surface area contributed by atoms with E-state index in [1.807, 2.05) is 20.8 Å². The number of aliphatic hydroxyl groups excluding tert-OH is 1. The van der Waals surface area contributed by atoms with E-state index in [9.17, 15) is 15.0 Å². The fourth-order valence-electron chi connectivity index (χ4n) is 12.6. The minimum Gasteiger partial charge on any atom is -0.461 e. The Kier molecular flexibility index (Phi) is 7.00. The van der Waals surface area contributed by atoms with Crippen molar-refractivity contribution >= 4 is 5.97 Å². The number of fused-ring (bicyclic) bond motifs is 2. The summed E-state index contributed by atoms with van der Waals surface area (Å²) in [6.07, 6.45) is 9.80. The highest BCUT2D eigenvalue weighted by atomic mass is 16.5. The maximum atomic E-state index is 13.0. The van der Waals surface area contributed by atoms with E-state index in [0.717, 1.165) is 57.8 Å². The van der Waals surface area contributed by atoms with Crippen LogP contribution >= 0.6 is 0 Å². The molecule has 1 saturated heterocycles. The SMILES string of the molecule is CCC(C)[C@@H](N)C(=O)O[C@H]1CC[C@]23CC24CC[C@]2(C)[C@@H]([C@@]5(C)CC[C@@H](C(C)(C)O)O5)[C@@H](O)C[C@@]2(N)C4CC[C@H]3C1(C)C. The van der Waals surface area contributed by atoms with Crippen molar-refractivity contribution in [2.24, 2.45) is 56.8 Å². The van der Waals surface area contributed by atoms with Crippen molar-refractivity contribution in [1.82, 2.24) is 0 Å². The zero-order valence-corrected chi connectivity index (χ0v) is 27.7. The molecule has 2 spiro atoms. The van der Waals surface area contributed by atoms with Crippen molar-refractivity contribution in [3.63, 3.8) is 0 Å². The molecule has 5 aliphatic carbocycles. The van der Waals surface area contributed by atoms with Gasteiger partial charge < -0.3 is 31.2 Å². The van der Waals surface area contributed by atoms with Crippen LogP contribution in [0.25, 0.3) is 0 Å². The van der Waals surface area contributed by atoms with Gasteiger partial charge in [-0.05, 0) is 119 Å². The van der Waals surface area contributed by atoms with E-state index in [0.29, 0.717) is 18.3 Å². The van der Waals surface area contributed by atoms with Gasteiger partial charge >= 0.3 is 5.97 Å². The van der Waals surface area contributed by atoms with Gasteiger partial charge in [0.25, 0.3) is 0 Å². The molecule has 6 fully saturated rings. The topological polar surface area (TPSA) is 128 Å². The smallest absolute Gasteiger partial charge is 0.323 e. The molecular weight excluding hydrogens is 528 g/mol. The van der Waals surface area contributed by atoms with Crippen LogP contribution in [0.1, 0.15) is 126 Å². The summed E-state index contributed by atoms with van der Waals surface area (Å²) in [5, 5.41) is 22.5. The average molecular weight is 589 g/mol. The van der Waals surface area contributed by atoms with Crippen LogP contribution in [0.15, 0.2) is 0 Å². The lowest BCUT2D eigenvalue weighted by atomic mass is 9.43. The molecule has 1 heterocycles. The normalized spacial score (nSPS) is 52.4. The standard InChI is InChI=1S/C35H60N2O5/c1-9-20(2)26(36)28(39)41-24-13-15-33-19-34(33)17-16-31(7)27(32(8)14-12-25(42-32)30(5,6)40)21(38)18-35(31,37)23(34)11-10-22(33)29(24,3)4/h20-27,38,40H,9-19,36-37H2,1-8H3/t20?,21-,22-,23?,24-,25-,26+,27-,31+,32+,33+,34?,35+/m0/s1. The molecule has 3 unspecified atom stereocenters. The van der Waals surface area contributed by atoms with E-state index < -0.39 is 28.9 Å². The van der Waals surface area contributed by atoms with Crippen LogP contribution in [0.2, 0.25) is 0 Å². The Morgan fingerprint density at radius 3 is 2.29 bits per heavy atom. The van der Waals surface area contributed by atoms with Gasteiger partial charge in [-0.3, -0.25) is 4.79 Å². The van der Waals surface area contributed by atoms with Crippen molar-refractivity contribution in [1.29, 1.82) is 0 Å². The Balaban J connectivity index is 1.25. The second-order valence-electron chi connectivity index (χ2n) is 17.7. The zero-order valence-electron chi connectivity index (χ0n) is 27.7. The van der Waals surface area contributed by atoms with Crippen LogP contribution in [0.4, 0.5) is 0 Å². The number of rotatable bonds is 6. The first kappa shape index (κ1) is 31.3. The first-order chi connectivity index (χ1) is 19.3. The average Bonchev–Trinajstić information content (AvgIpc) is 3.29. The highest BCUT2D eigenvalue weighted by Crippen LogP contribution is 2.87. The minimum atomic E-state index is -0.906.